The molecule has 2 amide bonds. The van der Waals surface area contributed by atoms with Gasteiger partial charge in [-0.15, -0.1) is 0 Å². The third-order valence-corrected chi connectivity index (χ3v) is 5.75. The molecule has 3 N–H and O–H groups in total. The van der Waals surface area contributed by atoms with E-state index in [-0.39, 0.29) is 18.2 Å². The normalized spacial score (nSPS) is 19.1. The molecule has 0 saturated carbocycles. The van der Waals surface area contributed by atoms with E-state index in [1.165, 1.54) is 6.07 Å². The second kappa shape index (κ2) is 9.90. The van der Waals surface area contributed by atoms with Crippen molar-refractivity contribution in [2.24, 2.45) is 0 Å². The van der Waals surface area contributed by atoms with Gasteiger partial charge in [0.15, 0.2) is 0 Å². The molecule has 1 fully saturated rings. The van der Waals surface area contributed by atoms with E-state index in [2.05, 4.69) is 16.0 Å². The van der Waals surface area contributed by atoms with Crippen molar-refractivity contribution in [3.05, 3.63) is 58.9 Å². The van der Waals surface area contributed by atoms with Crippen LogP contribution in [-0.4, -0.2) is 50.2 Å². The van der Waals surface area contributed by atoms with Crippen LogP contribution >= 0.6 is 0 Å². The fraction of sp³-hybridized carbons (Fsp3) is 0.375. The molecule has 0 aromatic heterocycles. The molecule has 2 atom stereocenters. The maximum atomic E-state index is 14.9. The van der Waals surface area contributed by atoms with Crippen LogP contribution in [0.25, 0.3) is 11.1 Å². The molecule has 0 radical (unpaired) electrons. The van der Waals surface area contributed by atoms with Crippen LogP contribution in [0.4, 0.5) is 4.39 Å². The zero-order chi connectivity index (χ0) is 22.5. The second-order valence-electron chi connectivity index (χ2n) is 8.00. The van der Waals surface area contributed by atoms with E-state index >= 15 is 0 Å². The lowest BCUT2D eigenvalue weighted by atomic mass is 9.94. The Kier molecular flexibility index (Phi) is 6.78. The van der Waals surface area contributed by atoms with E-state index in [1.807, 2.05) is 12.1 Å². The Bertz CT molecular complexity index is 1060. The molecule has 0 spiro atoms. The van der Waals surface area contributed by atoms with Crippen LogP contribution in [0.5, 0.6) is 0 Å². The van der Waals surface area contributed by atoms with Gasteiger partial charge in [-0.25, -0.2) is 4.39 Å². The maximum absolute atomic E-state index is 14.9. The van der Waals surface area contributed by atoms with E-state index in [9.17, 15) is 19.2 Å². The highest BCUT2D eigenvalue weighted by atomic mass is 19.1. The number of nitrogens with one attached hydrogen (secondary N) is 3. The predicted octanol–water partition coefficient (Wildman–Crippen LogP) is 1.71. The summed E-state index contributed by atoms with van der Waals surface area (Å²) in [5, 5.41) is 18.1. The van der Waals surface area contributed by atoms with Crippen molar-refractivity contribution >= 4 is 11.8 Å². The van der Waals surface area contributed by atoms with Crippen LogP contribution in [0, 0.1) is 17.1 Å². The monoisotopic (exact) mass is 436 g/mol. The number of rotatable bonds is 5. The van der Waals surface area contributed by atoms with Gasteiger partial charge in [-0.3, -0.25) is 9.59 Å². The van der Waals surface area contributed by atoms with Gasteiger partial charge in [0.1, 0.15) is 18.0 Å². The van der Waals surface area contributed by atoms with Crippen LogP contribution in [0.2, 0.25) is 0 Å². The summed E-state index contributed by atoms with van der Waals surface area (Å²) >= 11 is 0. The van der Waals surface area contributed by atoms with Crippen LogP contribution in [-0.2, 0) is 22.4 Å². The average Bonchev–Trinajstić information content (AvgIpc) is 3.09. The van der Waals surface area contributed by atoms with Crippen molar-refractivity contribution < 1.29 is 18.7 Å². The van der Waals surface area contributed by atoms with Crippen LogP contribution in [0.3, 0.4) is 0 Å². The standard InChI is InChI=1S/C24H25FN4O3/c25-21-12-16(15-4-5-20-17(10-15)6-8-28-23(20)30)2-3-18(21)11-19(13-26)29-24(31)22-14-27-7-1-9-32-22/h2-5,10,12,19,22,27H,1,6-9,11,14H2,(H,28,30)(H,29,31)/t19-,22?/m0/s1. The van der Waals surface area contributed by atoms with Gasteiger partial charge in [-0.2, -0.15) is 5.26 Å². The van der Waals surface area contributed by atoms with Gasteiger partial charge in [-0.1, -0.05) is 24.3 Å². The molecule has 2 aromatic carbocycles. The fourth-order valence-corrected chi connectivity index (χ4v) is 4.00. The van der Waals surface area contributed by atoms with Crippen molar-refractivity contribution in [3.8, 4) is 17.2 Å². The number of nitriles is 1. The minimum Gasteiger partial charge on any atom is -0.367 e. The molecule has 1 unspecified atom stereocenters. The lowest BCUT2D eigenvalue weighted by molar-refractivity contribution is -0.132. The molecule has 166 valence electrons. The van der Waals surface area contributed by atoms with E-state index in [4.69, 9.17) is 4.74 Å². The van der Waals surface area contributed by atoms with Crippen LogP contribution < -0.4 is 16.0 Å². The quantitative estimate of drug-likeness (QED) is 0.662. The Hall–Kier alpha value is -3.28. The third-order valence-electron chi connectivity index (χ3n) is 5.75. The molecule has 4 rings (SSSR count). The topological polar surface area (TPSA) is 103 Å². The number of halogens is 1. The first-order chi connectivity index (χ1) is 15.5. The van der Waals surface area contributed by atoms with E-state index < -0.39 is 18.0 Å². The van der Waals surface area contributed by atoms with Crippen molar-refractivity contribution in [1.82, 2.24) is 16.0 Å². The molecule has 2 aliphatic heterocycles. The first kappa shape index (κ1) is 21.9. The zero-order valence-corrected chi connectivity index (χ0v) is 17.6. The first-order valence-electron chi connectivity index (χ1n) is 10.8. The van der Waals surface area contributed by atoms with E-state index in [1.54, 1.807) is 24.3 Å². The SMILES string of the molecule is N#C[C@H](Cc1ccc(-c2ccc3c(c2)CCNC3=O)cc1F)NC(=O)C1CNCCCO1. The number of amides is 2. The number of nitrogens with zero attached hydrogens (tertiary/aromatic N) is 1. The Morgan fingerprint density at radius 1 is 1.25 bits per heavy atom. The molecule has 2 aromatic rings. The molecule has 0 aliphatic carbocycles. The smallest absolute Gasteiger partial charge is 0.251 e. The van der Waals surface area contributed by atoms with Gasteiger partial charge >= 0.3 is 0 Å². The maximum Gasteiger partial charge on any atom is 0.251 e. The number of ether oxygens (including phenoxy) is 1. The summed E-state index contributed by atoms with van der Waals surface area (Å²) in [7, 11) is 0. The summed E-state index contributed by atoms with van der Waals surface area (Å²) in [6.45, 7) is 2.23. The van der Waals surface area contributed by atoms with Gasteiger partial charge in [0.2, 0.25) is 0 Å². The predicted molar refractivity (Wildman–Crippen MR) is 116 cm³/mol. The summed E-state index contributed by atoms with van der Waals surface area (Å²) in [4.78, 5) is 24.3. The molecule has 1 saturated heterocycles. The van der Waals surface area contributed by atoms with Gasteiger partial charge in [-0.05, 0) is 53.8 Å². The van der Waals surface area contributed by atoms with Gasteiger partial charge in [0.05, 0.1) is 6.07 Å². The lowest BCUT2D eigenvalue weighted by Gasteiger charge is -2.18. The number of hydrogen-bond donors (Lipinski definition) is 3. The van der Waals surface area contributed by atoms with E-state index in [0.717, 1.165) is 30.5 Å². The summed E-state index contributed by atoms with van der Waals surface area (Å²) in [5.74, 6) is -0.908. The Labute approximate surface area is 186 Å². The molecule has 2 heterocycles. The number of carbonyl (C=O) groups is 2. The molecular weight excluding hydrogens is 411 g/mol. The van der Waals surface area contributed by atoms with Gasteiger partial charge in [0, 0.05) is 31.7 Å². The summed E-state index contributed by atoms with van der Waals surface area (Å²) in [6.07, 6.45) is 0.949. The number of benzene rings is 2. The Morgan fingerprint density at radius 2 is 2.06 bits per heavy atom. The van der Waals surface area contributed by atoms with Crippen LogP contribution in [0.1, 0.15) is 27.9 Å². The van der Waals surface area contributed by atoms with Crippen molar-refractivity contribution in [2.45, 2.75) is 31.4 Å². The van der Waals surface area contributed by atoms with Crippen molar-refractivity contribution in [3.63, 3.8) is 0 Å². The van der Waals surface area contributed by atoms with Crippen molar-refractivity contribution in [1.29, 1.82) is 5.26 Å². The molecule has 32 heavy (non-hydrogen) atoms. The summed E-state index contributed by atoms with van der Waals surface area (Å²) in [6, 6.07) is 11.5. The minimum absolute atomic E-state index is 0.0544. The van der Waals surface area contributed by atoms with Gasteiger partial charge in [0.25, 0.3) is 11.8 Å². The number of hydrogen-bond acceptors (Lipinski definition) is 5. The molecule has 8 heteroatoms. The Balaban J connectivity index is 1.45. The minimum atomic E-state index is -0.864. The lowest BCUT2D eigenvalue weighted by Crippen LogP contribution is -2.46. The number of carbonyl (C=O) groups excluding carboxylic acids is 2. The average molecular weight is 436 g/mol. The van der Waals surface area contributed by atoms with E-state index in [0.29, 0.717) is 36.4 Å². The van der Waals surface area contributed by atoms with Gasteiger partial charge < -0.3 is 20.7 Å². The molecular formula is C24H25FN4O3. The fourth-order valence-electron chi connectivity index (χ4n) is 4.00. The highest BCUT2D eigenvalue weighted by molar-refractivity contribution is 5.97. The highest BCUT2D eigenvalue weighted by Gasteiger charge is 2.24. The summed E-state index contributed by atoms with van der Waals surface area (Å²) in [5.41, 5.74) is 3.45. The van der Waals surface area contributed by atoms with Crippen LogP contribution in [0.15, 0.2) is 36.4 Å². The molecule has 2 aliphatic rings. The van der Waals surface area contributed by atoms with Crippen molar-refractivity contribution in [2.75, 3.05) is 26.2 Å². The highest BCUT2D eigenvalue weighted by Crippen LogP contribution is 2.26. The summed E-state index contributed by atoms with van der Waals surface area (Å²) < 4.78 is 20.4. The molecule has 7 nitrogen and oxygen atoms in total. The second-order valence-corrected chi connectivity index (χ2v) is 8.00. The largest absolute Gasteiger partial charge is 0.367 e. The molecule has 0 bridgehead atoms. The third kappa shape index (κ3) is 4.96. The first-order valence-corrected chi connectivity index (χ1v) is 10.8. The Morgan fingerprint density at radius 3 is 2.88 bits per heavy atom. The number of fused-ring (bicyclic) bond motifs is 1. The zero-order valence-electron chi connectivity index (χ0n) is 17.6.